The molecule has 6 heteroatoms. The number of unbranched alkanes of at least 4 members (excludes halogenated alkanes) is 1. The van der Waals surface area contributed by atoms with E-state index in [0.717, 1.165) is 28.5 Å². The third-order valence-corrected chi connectivity index (χ3v) is 5.08. The van der Waals surface area contributed by atoms with Gasteiger partial charge in [-0.1, -0.05) is 36.0 Å². The van der Waals surface area contributed by atoms with Gasteiger partial charge < -0.3 is 5.32 Å². The van der Waals surface area contributed by atoms with Crippen LogP contribution in [0.2, 0.25) is 0 Å². The second-order valence-electron chi connectivity index (χ2n) is 5.18. The fourth-order valence-corrected chi connectivity index (χ4v) is 3.59. The molecular weight excluding hydrogens is 326 g/mol. The first kappa shape index (κ1) is 15.8. The van der Waals surface area contributed by atoms with Crippen LogP contribution in [0.1, 0.15) is 35.0 Å². The van der Waals surface area contributed by atoms with E-state index in [-0.39, 0.29) is 5.91 Å². The number of rotatable bonds is 6. The maximum absolute atomic E-state index is 12.5. The minimum absolute atomic E-state index is 0.162. The number of hydrogen-bond donors (Lipinski definition) is 1. The largest absolute Gasteiger partial charge is 0.321 e. The van der Waals surface area contributed by atoms with Gasteiger partial charge in [-0.2, -0.15) is 0 Å². The lowest BCUT2D eigenvalue weighted by Crippen LogP contribution is -2.11. The predicted molar refractivity (Wildman–Crippen MR) is 96.2 cm³/mol. The van der Waals surface area contributed by atoms with E-state index in [1.165, 1.54) is 18.4 Å². The minimum atomic E-state index is -0.162. The molecule has 0 aliphatic carbocycles. The van der Waals surface area contributed by atoms with Crippen LogP contribution in [0, 0.1) is 0 Å². The average Bonchev–Trinajstić information content (AvgIpc) is 3.24. The number of aromatic nitrogens is 2. The highest BCUT2D eigenvalue weighted by atomic mass is 32.1. The van der Waals surface area contributed by atoms with Gasteiger partial charge >= 0.3 is 0 Å². The first-order valence-corrected chi connectivity index (χ1v) is 9.19. The van der Waals surface area contributed by atoms with Gasteiger partial charge in [0.05, 0.1) is 4.88 Å². The Hall–Kier alpha value is -2.05. The summed E-state index contributed by atoms with van der Waals surface area (Å²) in [6, 6.07) is 11.9. The summed E-state index contributed by atoms with van der Waals surface area (Å²) in [5.74, 6) is -0.162. The summed E-state index contributed by atoms with van der Waals surface area (Å²) in [5.41, 5.74) is 2.74. The van der Waals surface area contributed by atoms with Crippen LogP contribution in [0.25, 0.3) is 10.6 Å². The predicted octanol–water partition coefficient (Wildman–Crippen LogP) is 4.86. The van der Waals surface area contributed by atoms with Gasteiger partial charge in [0.2, 0.25) is 0 Å². The zero-order chi connectivity index (χ0) is 16.1. The standard InChI is InChI=1S/C17H17N3OS2/c1-2-3-5-12-7-9-13(10-8-12)18-17(21)16-15(19-20-23-16)14-6-4-11-22-14/h4,6-11H,2-3,5H2,1H3,(H,18,21). The Morgan fingerprint density at radius 3 is 2.74 bits per heavy atom. The third-order valence-electron chi connectivity index (χ3n) is 3.48. The van der Waals surface area contributed by atoms with Crippen LogP contribution in [-0.4, -0.2) is 15.5 Å². The van der Waals surface area contributed by atoms with Crippen LogP contribution in [0.3, 0.4) is 0 Å². The number of anilines is 1. The molecule has 0 saturated heterocycles. The van der Waals surface area contributed by atoms with Crippen molar-refractivity contribution in [2.45, 2.75) is 26.2 Å². The Morgan fingerprint density at radius 1 is 1.22 bits per heavy atom. The molecule has 1 N–H and O–H groups in total. The molecule has 2 heterocycles. The molecule has 0 unspecified atom stereocenters. The average molecular weight is 343 g/mol. The van der Waals surface area contributed by atoms with Crippen molar-refractivity contribution in [1.82, 2.24) is 9.59 Å². The Morgan fingerprint density at radius 2 is 2.04 bits per heavy atom. The molecule has 2 aromatic heterocycles. The molecule has 0 saturated carbocycles. The first-order valence-electron chi connectivity index (χ1n) is 7.54. The summed E-state index contributed by atoms with van der Waals surface area (Å²) < 4.78 is 3.93. The molecular formula is C17H17N3OS2. The van der Waals surface area contributed by atoms with Crippen molar-refractivity contribution >= 4 is 34.5 Å². The molecule has 0 aliphatic heterocycles. The molecule has 0 bridgehead atoms. The zero-order valence-electron chi connectivity index (χ0n) is 12.8. The Bertz CT molecular complexity index is 764. The van der Waals surface area contributed by atoms with Crippen molar-refractivity contribution < 1.29 is 4.79 Å². The maximum Gasteiger partial charge on any atom is 0.269 e. The molecule has 0 spiro atoms. The molecule has 4 nitrogen and oxygen atoms in total. The number of thiophene rings is 1. The van der Waals surface area contributed by atoms with Crippen molar-refractivity contribution in [2.24, 2.45) is 0 Å². The summed E-state index contributed by atoms with van der Waals surface area (Å²) in [7, 11) is 0. The minimum Gasteiger partial charge on any atom is -0.321 e. The summed E-state index contributed by atoms with van der Waals surface area (Å²) >= 11 is 2.68. The van der Waals surface area contributed by atoms with Crippen LogP contribution in [0.15, 0.2) is 41.8 Å². The van der Waals surface area contributed by atoms with Gasteiger partial charge in [0.1, 0.15) is 10.6 Å². The number of carbonyl (C=O) groups is 1. The lowest BCUT2D eigenvalue weighted by molar-refractivity contribution is 0.103. The fraction of sp³-hybridized carbons (Fsp3) is 0.235. The Balaban J connectivity index is 1.71. The number of nitrogens with one attached hydrogen (secondary N) is 1. The number of carbonyl (C=O) groups excluding carboxylic acids is 1. The van der Waals surface area contributed by atoms with Crippen LogP contribution in [0.4, 0.5) is 5.69 Å². The number of nitrogens with zero attached hydrogens (tertiary/aromatic N) is 2. The van der Waals surface area contributed by atoms with Crippen molar-refractivity contribution in [2.75, 3.05) is 5.32 Å². The van der Waals surface area contributed by atoms with Crippen molar-refractivity contribution in [1.29, 1.82) is 0 Å². The van der Waals surface area contributed by atoms with Crippen LogP contribution in [0.5, 0.6) is 0 Å². The van der Waals surface area contributed by atoms with Gasteiger partial charge in [0.15, 0.2) is 0 Å². The highest BCUT2D eigenvalue weighted by Crippen LogP contribution is 2.28. The SMILES string of the molecule is CCCCc1ccc(NC(=O)c2snnc2-c2cccs2)cc1. The van der Waals surface area contributed by atoms with E-state index >= 15 is 0 Å². The van der Waals surface area contributed by atoms with Gasteiger partial charge in [-0.05, 0) is 53.5 Å². The molecule has 1 aromatic carbocycles. The van der Waals surface area contributed by atoms with Crippen LogP contribution < -0.4 is 5.32 Å². The summed E-state index contributed by atoms with van der Waals surface area (Å²) in [5, 5.41) is 8.98. The van der Waals surface area contributed by atoms with Crippen molar-refractivity contribution in [3.63, 3.8) is 0 Å². The summed E-state index contributed by atoms with van der Waals surface area (Å²) in [6.07, 6.45) is 3.44. The normalized spacial score (nSPS) is 10.7. The Labute approximate surface area is 143 Å². The molecule has 1 amide bonds. The molecule has 0 radical (unpaired) electrons. The smallest absolute Gasteiger partial charge is 0.269 e. The number of hydrogen-bond acceptors (Lipinski definition) is 5. The molecule has 0 fully saturated rings. The molecule has 0 aliphatic rings. The van der Waals surface area contributed by atoms with Gasteiger partial charge in [-0.15, -0.1) is 16.4 Å². The number of aryl methyl sites for hydroxylation is 1. The van der Waals surface area contributed by atoms with E-state index in [4.69, 9.17) is 0 Å². The van der Waals surface area contributed by atoms with E-state index < -0.39 is 0 Å². The number of benzene rings is 1. The molecule has 3 aromatic rings. The lowest BCUT2D eigenvalue weighted by atomic mass is 10.1. The lowest BCUT2D eigenvalue weighted by Gasteiger charge is -2.06. The first-order chi connectivity index (χ1) is 11.3. The summed E-state index contributed by atoms with van der Waals surface area (Å²) in [6.45, 7) is 2.18. The third kappa shape index (κ3) is 3.83. The van der Waals surface area contributed by atoms with E-state index in [1.807, 2.05) is 29.6 Å². The van der Waals surface area contributed by atoms with Crippen molar-refractivity contribution in [3.05, 3.63) is 52.2 Å². The van der Waals surface area contributed by atoms with Gasteiger partial charge in [0.25, 0.3) is 5.91 Å². The molecule has 118 valence electrons. The van der Waals surface area contributed by atoms with E-state index in [9.17, 15) is 4.79 Å². The monoisotopic (exact) mass is 343 g/mol. The van der Waals surface area contributed by atoms with E-state index in [2.05, 4.69) is 34.0 Å². The van der Waals surface area contributed by atoms with E-state index in [1.54, 1.807) is 11.3 Å². The molecule has 0 atom stereocenters. The number of amides is 1. The molecule has 3 rings (SSSR count). The van der Waals surface area contributed by atoms with Gasteiger partial charge in [-0.25, -0.2) is 0 Å². The van der Waals surface area contributed by atoms with Crippen molar-refractivity contribution in [3.8, 4) is 10.6 Å². The van der Waals surface area contributed by atoms with Gasteiger partial charge in [-0.3, -0.25) is 4.79 Å². The van der Waals surface area contributed by atoms with Crippen LogP contribution in [-0.2, 0) is 6.42 Å². The second kappa shape index (κ2) is 7.48. The maximum atomic E-state index is 12.5. The van der Waals surface area contributed by atoms with Gasteiger partial charge in [0, 0.05) is 5.69 Å². The Kier molecular flexibility index (Phi) is 5.15. The van der Waals surface area contributed by atoms with E-state index in [0.29, 0.717) is 10.6 Å². The topological polar surface area (TPSA) is 54.9 Å². The molecule has 23 heavy (non-hydrogen) atoms. The van der Waals surface area contributed by atoms with Crippen LogP contribution >= 0.6 is 22.9 Å². The second-order valence-corrected chi connectivity index (χ2v) is 6.88. The summed E-state index contributed by atoms with van der Waals surface area (Å²) in [4.78, 5) is 14.0. The highest BCUT2D eigenvalue weighted by molar-refractivity contribution is 7.14. The highest BCUT2D eigenvalue weighted by Gasteiger charge is 2.18. The zero-order valence-corrected chi connectivity index (χ0v) is 14.4. The fourth-order valence-electron chi connectivity index (χ4n) is 2.24. The quantitative estimate of drug-likeness (QED) is 0.695.